The Morgan fingerprint density at radius 3 is 1.29 bits per heavy atom. The van der Waals surface area contributed by atoms with Crippen LogP contribution in [-0.2, 0) is 14.3 Å². The molecule has 0 spiro atoms. The highest BCUT2D eigenvalue weighted by Crippen LogP contribution is 2.17. The molecule has 0 aromatic carbocycles. The minimum Gasteiger partial charge on any atom is -0.462 e. The second-order valence-electron chi connectivity index (χ2n) is 18.2. The lowest BCUT2D eigenvalue weighted by Gasteiger charge is -2.24. The number of aliphatic hydroxyl groups is 2. The van der Waals surface area contributed by atoms with Gasteiger partial charge < -0.3 is 20.3 Å². The van der Waals surface area contributed by atoms with Gasteiger partial charge in [0, 0.05) is 6.42 Å². The van der Waals surface area contributed by atoms with Crippen molar-refractivity contribution < 1.29 is 24.5 Å². The molecule has 0 bridgehead atoms. The van der Waals surface area contributed by atoms with Crippen LogP contribution >= 0.6 is 0 Å². The quantitative estimate of drug-likeness (QED) is 0.0321. The zero-order valence-corrected chi connectivity index (χ0v) is 42.6. The van der Waals surface area contributed by atoms with Crippen LogP contribution < -0.4 is 5.32 Å². The van der Waals surface area contributed by atoms with Gasteiger partial charge in [0.1, 0.15) is 6.10 Å². The summed E-state index contributed by atoms with van der Waals surface area (Å²) in [7, 11) is 0. The van der Waals surface area contributed by atoms with Crippen molar-refractivity contribution in [3.8, 4) is 0 Å². The molecule has 0 fully saturated rings. The second-order valence-corrected chi connectivity index (χ2v) is 18.2. The second kappa shape index (κ2) is 52.0. The minimum absolute atomic E-state index is 0.0310. The van der Waals surface area contributed by atoms with Gasteiger partial charge in [-0.2, -0.15) is 0 Å². The molecule has 0 aromatic heterocycles. The number of unbranched alkanes of at least 4 members (excludes halogenated alkanes) is 22. The van der Waals surface area contributed by atoms with Crippen LogP contribution in [0.3, 0.4) is 0 Å². The van der Waals surface area contributed by atoms with Crippen molar-refractivity contribution in [3.05, 3.63) is 85.1 Å². The summed E-state index contributed by atoms with van der Waals surface area (Å²) in [6, 6.07) is -0.726. The smallest absolute Gasteiger partial charge is 0.306 e. The summed E-state index contributed by atoms with van der Waals surface area (Å²) in [4.78, 5) is 26.2. The Bertz CT molecular complexity index is 1250. The molecule has 0 aliphatic rings. The molecular formula is C59H103NO5. The van der Waals surface area contributed by atoms with Crippen LogP contribution in [-0.4, -0.2) is 46.9 Å². The van der Waals surface area contributed by atoms with Crippen molar-refractivity contribution in [2.75, 3.05) is 6.61 Å². The number of aliphatic hydroxyl groups excluding tert-OH is 2. The van der Waals surface area contributed by atoms with Gasteiger partial charge >= 0.3 is 5.97 Å². The van der Waals surface area contributed by atoms with E-state index in [-0.39, 0.29) is 24.9 Å². The molecule has 3 N–H and O–H groups in total. The van der Waals surface area contributed by atoms with Crippen molar-refractivity contribution in [3.63, 3.8) is 0 Å². The zero-order valence-electron chi connectivity index (χ0n) is 42.6. The third-order valence-electron chi connectivity index (χ3n) is 12.0. The molecule has 0 radical (unpaired) electrons. The first-order chi connectivity index (χ1) is 32.0. The molecule has 6 heteroatoms. The molecule has 0 aromatic rings. The average molecular weight is 906 g/mol. The molecule has 374 valence electrons. The Kier molecular flexibility index (Phi) is 49.6. The van der Waals surface area contributed by atoms with Crippen LogP contribution in [0.25, 0.3) is 0 Å². The van der Waals surface area contributed by atoms with E-state index in [1.807, 2.05) is 0 Å². The summed E-state index contributed by atoms with van der Waals surface area (Å²) in [6.45, 7) is 6.25. The average Bonchev–Trinajstić information content (AvgIpc) is 3.30. The fraction of sp³-hybridized carbons (Fsp3) is 0.729. The van der Waals surface area contributed by atoms with Gasteiger partial charge in [-0.1, -0.05) is 234 Å². The van der Waals surface area contributed by atoms with Gasteiger partial charge in [-0.15, -0.1) is 0 Å². The maximum absolute atomic E-state index is 13.2. The third-order valence-corrected chi connectivity index (χ3v) is 12.0. The Morgan fingerprint density at radius 1 is 0.462 bits per heavy atom. The maximum Gasteiger partial charge on any atom is 0.306 e. The highest BCUT2D eigenvalue weighted by Gasteiger charge is 2.24. The van der Waals surface area contributed by atoms with Gasteiger partial charge in [0.05, 0.1) is 25.2 Å². The summed E-state index contributed by atoms with van der Waals surface area (Å²) < 4.78 is 5.91. The number of esters is 1. The van der Waals surface area contributed by atoms with E-state index >= 15 is 0 Å². The molecule has 3 atom stereocenters. The lowest BCUT2D eigenvalue weighted by molar-refractivity contribution is -0.151. The van der Waals surface area contributed by atoms with Crippen molar-refractivity contribution in [2.45, 2.75) is 270 Å². The zero-order chi connectivity index (χ0) is 47.4. The largest absolute Gasteiger partial charge is 0.462 e. The number of allylic oxidation sites excluding steroid dienone is 14. The number of carbonyl (C=O) groups is 2. The summed E-state index contributed by atoms with van der Waals surface area (Å²) in [5, 5.41) is 23.8. The SMILES string of the molecule is CC/C=C/C/C=C/C/C=C/C/C=C/CCCC(CC(=O)NC(CO)C(O)CCCCCCCCCCCCCCCCCC)OC(=O)CCCCCCCC/C=C/C/C=C/C/C=C/CC. The van der Waals surface area contributed by atoms with E-state index in [2.05, 4.69) is 111 Å². The monoisotopic (exact) mass is 906 g/mol. The van der Waals surface area contributed by atoms with Crippen LogP contribution in [0.2, 0.25) is 0 Å². The first kappa shape index (κ1) is 62.0. The fourth-order valence-electron chi connectivity index (χ4n) is 7.91. The number of amides is 1. The molecule has 0 saturated heterocycles. The van der Waals surface area contributed by atoms with Crippen LogP contribution in [0.15, 0.2) is 85.1 Å². The van der Waals surface area contributed by atoms with Crippen molar-refractivity contribution >= 4 is 11.9 Å². The van der Waals surface area contributed by atoms with E-state index in [0.717, 1.165) is 103 Å². The van der Waals surface area contributed by atoms with Crippen molar-refractivity contribution in [1.82, 2.24) is 5.32 Å². The summed E-state index contributed by atoms with van der Waals surface area (Å²) in [6.07, 6.45) is 67.9. The van der Waals surface area contributed by atoms with Crippen LogP contribution in [0.1, 0.15) is 252 Å². The fourth-order valence-corrected chi connectivity index (χ4v) is 7.91. The number of carbonyl (C=O) groups excluding carboxylic acids is 2. The molecule has 0 saturated carbocycles. The number of rotatable bonds is 48. The normalized spacial score (nSPS) is 13.9. The van der Waals surface area contributed by atoms with Gasteiger partial charge in [-0.05, 0) is 89.9 Å². The first-order valence-electron chi connectivity index (χ1n) is 27.3. The highest BCUT2D eigenvalue weighted by atomic mass is 16.5. The molecule has 3 unspecified atom stereocenters. The van der Waals surface area contributed by atoms with E-state index in [1.54, 1.807) is 0 Å². The Labute approximate surface area is 402 Å². The van der Waals surface area contributed by atoms with E-state index in [0.29, 0.717) is 19.3 Å². The van der Waals surface area contributed by atoms with Crippen LogP contribution in [0.5, 0.6) is 0 Å². The molecule has 0 aliphatic carbocycles. The van der Waals surface area contributed by atoms with Crippen molar-refractivity contribution in [1.29, 1.82) is 0 Å². The van der Waals surface area contributed by atoms with Crippen molar-refractivity contribution in [2.24, 2.45) is 0 Å². The predicted octanol–water partition coefficient (Wildman–Crippen LogP) is 16.7. The topological polar surface area (TPSA) is 95.9 Å². The predicted molar refractivity (Wildman–Crippen MR) is 282 cm³/mol. The van der Waals surface area contributed by atoms with E-state index < -0.39 is 18.2 Å². The van der Waals surface area contributed by atoms with Gasteiger partial charge in [0.25, 0.3) is 0 Å². The molecule has 0 rings (SSSR count). The third kappa shape index (κ3) is 47.3. The number of hydrogen-bond acceptors (Lipinski definition) is 5. The Balaban J connectivity index is 4.64. The molecule has 0 heterocycles. The standard InChI is InChI=1S/C59H103NO5/c1-4-7-10-13-16-19-22-25-28-30-33-36-39-42-45-48-51-57(62)56(54-61)60-58(63)53-55(50-47-44-41-38-35-32-27-24-21-18-15-12-9-6-3)65-59(64)52-49-46-43-40-37-34-31-29-26-23-20-17-14-11-8-5-2/h8-9,11-12,17-18,20-21,26-27,29,32,38,41,55-57,61-62H,4-7,10,13-16,19,22-25,28,30-31,33-37,39-40,42-54H2,1-3H3,(H,60,63)/b11-8+,12-9+,20-17+,21-18+,29-26+,32-27+,41-38+. The molecule has 0 aliphatic heterocycles. The van der Waals surface area contributed by atoms with Crippen LogP contribution in [0.4, 0.5) is 0 Å². The van der Waals surface area contributed by atoms with Gasteiger partial charge in [-0.25, -0.2) is 0 Å². The van der Waals surface area contributed by atoms with Gasteiger partial charge in [0.2, 0.25) is 5.91 Å². The summed E-state index contributed by atoms with van der Waals surface area (Å²) in [5.74, 6) is -0.545. The van der Waals surface area contributed by atoms with Crippen LogP contribution in [0, 0.1) is 0 Å². The highest BCUT2D eigenvalue weighted by molar-refractivity contribution is 5.77. The molecule has 1 amide bonds. The van der Waals surface area contributed by atoms with E-state index in [1.165, 1.54) is 103 Å². The summed E-state index contributed by atoms with van der Waals surface area (Å²) >= 11 is 0. The molecule has 6 nitrogen and oxygen atoms in total. The minimum atomic E-state index is -0.809. The number of hydrogen-bond donors (Lipinski definition) is 3. The summed E-state index contributed by atoms with van der Waals surface area (Å²) in [5.41, 5.74) is 0. The Morgan fingerprint density at radius 2 is 0.846 bits per heavy atom. The number of nitrogens with one attached hydrogen (secondary N) is 1. The molecular weight excluding hydrogens is 803 g/mol. The Hall–Kier alpha value is -2.96. The van der Waals surface area contributed by atoms with Gasteiger partial charge in [0.15, 0.2) is 0 Å². The lowest BCUT2D eigenvalue weighted by Crippen LogP contribution is -2.46. The maximum atomic E-state index is 13.2. The number of ether oxygens (including phenoxy) is 1. The lowest BCUT2D eigenvalue weighted by atomic mass is 10.0. The van der Waals surface area contributed by atoms with E-state index in [4.69, 9.17) is 4.74 Å². The molecule has 65 heavy (non-hydrogen) atoms. The van der Waals surface area contributed by atoms with Gasteiger partial charge in [-0.3, -0.25) is 9.59 Å². The first-order valence-corrected chi connectivity index (χ1v) is 27.3. The van der Waals surface area contributed by atoms with E-state index in [9.17, 15) is 19.8 Å².